The van der Waals surface area contributed by atoms with Gasteiger partial charge in [0, 0.05) is 45.2 Å². The molecule has 0 unspecified atom stereocenters. The number of fused-ring (bicyclic) bond motifs is 2. The Bertz CT molecular complexity index is 855. The summed E-state index contributed by atoms with van der Waals surface area (Å²) < 4.78 is 5.28. The predicted molar refractivity (Wildman–Crippen MR) is 103 cm³/mol. The van der Waals surface area contributed by atoms with Crippen molar-refractivity contribution in [2.75, 3.05) is 46.4 Å². The fourth-order valence-electron chi connectivity index (χ4n) is 4.76. The zero-order chi connectivity index (χ0) is 19.0. The molecule has 2 saturated heterocycles. The van der Waals surface area contributed by atoms with E-state index in [1.165, 1.54) is 5.56 Å². The van der Waals surface area contributed by atoms with Gasteiger partial charge in [-0.05, 0) is 34.5 Å². The lowest BCUT2D eigenvalue weighted by Gasteiger charge is -2.25. The van der Waals surface area contributed by atoms with Crippen LogP contribution in [0.5, 0.6) is 5.75 Å². The molecule has 2 aromatic carbocycles. The van der Waals surface area contributed by atoms with Crippen molar-refractivity contribution in [2.24, 2.45) is 11.3 Å². The molecule has 0 aromatic heterocycles. The van der Waals surface area contributed by atoms with E-state index in [0.717, 1.165) is 36.2 Å². The number of rotatable bonds is 6. The Hall–Kier alpha value is -2.15. The van der Waals surface area contributed by atoms with Crippen molar-refractivity contribution in [3.8, 4) is 5.75 Å². The van der Waals surface area contributed by atoms with E-state index in [1.54, 1.807) is 7.11 Å². The quantitative estimate of drug-likeness (QED) is 0.806. The molecule has 2 heterocycles. The highest BCUT2D eigenvalue weighted by atomic mass is 16.5. The predicted octanol–water partition coefficient (Wildman–Crippen LogP) is 1.66. The van der Waals surface area contributed by atoms with E-state index in [2.05, 4.69) is 34.1 Å². The third kappa shape index (κ3) is 3.29. The van der Waals surface area contributed by atoms with Crippen LogP contribution in [0.25, 0.3) is 10.8 Å². The monoisotopic (exact) mass is 370 g/mol. The lowest BCUT2D eigenvalue weighted by Crippen LogP contribution is -2.41. The maximum Gasteiger partial charge on any atom is 0.312 e. The van der Waals surface area contributed by atoms with E-state index >= 15 is 0 Å². The van der Waals surface area contributed by atoms with Gasteiger partial charge < -0.3 is 14.9 Å². The number of likely N-dealkylation sites (tertiary alicyclic amines) is 2. The molecule has 6 nitrogen and oxygen atoms in total. The first-order valence-corrected chi connectivity index (χ1v) is 9.40. The highest BCUT2D eigenvalue weighted by Gasteiger charge is 2.57. The summed E-state index contributed by atoms with van der Waals surface area (Å²) in [4.78, 5) is 16.4. The van der Waals surface area contributed by atoms with Gasteiger partial charge in [-0.3, -0.25) is 14.6 Å². The number of ether oxygens (including phenoxy) is 1. The molecule has 0 radical (unpaired) electrons. The van der Waals surface area contributed by atoms with Crippen LogP contribution in [-0.2, 0) is 11.3 Å². The molecule has 4 rings (SSSR count). The molecular weight excluding hydrogens is 344 g/mol. The first-order chi connectivity index (χ1) is 13.0. The van der Waals surface area contributed by atoms with Crippen molar-refractivity contribution >= 4 is 16.7 Å². The minimum absolute atomic E-state index is 0.0774. The number of hydrogen-bond acceptors (Lipinski definition) is 5. The van der Waals surface area contributed by atoms with E-state index in [4.69, 9.17) is 4.74 Å². The Morgan fingerprint density at radius 2 is 1.85 bits per heavy atom. The second-order valence-electron chi connectivity index (χ2n) is 7.83. The average molecular weight is 370 g/mol. The maximum absolute atomic E-state index is 12.1. The van der Waals surface area contributed by atoms with Gasteiger partial charge in [-0.1, -0.05) is 18.2 Å². The largest absolute Gasteiger partial charge is 0.497 e. The molecule has 6 heteroatoms. The molecule has 0 bridgehead atoms. The summed E-state index contributed by atoms with van der Waals surface area (Å²) in [5, 5.41) is 21.4. The summed E-state index contributed by atoms with van der Waals surface area (Å²) in [6.07, 6.45) is 0. The number of nitrogens with zero attached hydrogens (tertiary/aromatic N) is 2. The van der Waals surface area contributed by atoms with Crippen molar-refractivity contribution in [1.29, 1.82) is 0 Å². The Labute approximate surface area is 158 Å². The van der Waals surface area contributed by atoms with Crippen LogP contribution in [0.4, 0.5) is 0 Å². The maximum atomic E-state index is 12.1. The summed E-state index contributed by atoms with van der Waals surface area (Å²) in [6.45, 7) is 4.02. The van der Waals surface area contributed by atoms with Gasteiger partial charge >= 0.3 is 5.97 Å². The van der Waals surface area contributed by atoms with E-state index in [0.29, 0.717) is 19.6 Å². The minimum atomic E-state index is -0.709. The van der Waals surface area contributed by atoms with Crippen LogP contribution in [0.2, 0.25) is 0 Å². The Morgan fingerprint density at radius 1 is 1.15 bits per heavy atom. The van der Waals surface area contributed by atoms with Crippen molar-refractivity contribution in [3.63, 3.8) is 0 Å². The summed E-state index contributed by atoms with van der Waals surface area (Å²) in [5.41, 5.74) is 0.486. The van der Waals surface area contributed by atoms with Crippen LogP contribution in [0.1, 0.15) is 5.56 Å². The van der Waals surface area contributed by atoms with Crippen LogP contribution in [-0.4, -0.2) is 72.4 Å². The van der Waals surface area contributed by atoms with E-state index in [1.807, 2.05) is 12.1 Å². The highest BCUT2D eigenvalue weighted by Crippen LogP contribution is 2.43. The van der Waals surface area contributed by atoms with Crippen molar-refractivity contribution in [1.82, 2.24) is 9.80 Å². The Kier molecular flexibility index (Phi) is 4.80. The summed E-state index contributed by atoms with van der Waals surface area (Å²) in [5.74, 6) is 0.255. The number of carboxylic acids is 1. The minimum Gasteiger partial charge on any atom is -0.497 e. The standard InChI is InChI=1S/C21H26N2O4/c1-27-19-5-4-16-8-15(2-3-17(16)9-19)10-23-12-18-11-22(6-7-24)13-21(18,14-23)20(25)26/h2-5,8-9,18,24H,6-7,10-14H2,1H3,(H,25,26)/t18-,21-/m1/s1. The van der Waals surface area contributed by atoms with Gasteiger partial charge in [0.15, 0.2) is 0 Å². The summed E-state index contributed by atoms with van der Waals surface area (Å²) in [7, 11) is 1.67. The van der Waals surface area contributed by atoms with E-state index < -0.39 is 11.4 Å². The molecule has 144 valence electrons. The van der Waals surface area contributed by atoms with Crippen molar-refractivity contribution in [2.45, 2.75) is 6.54 Å². The first-order valence-electron chi connectivity index (χ1n) is 9.40. The molecule has 27 heavy (non-hydrogen) atoms. The van der Waals surface area contributed by atoms with Gasteiger partial charge in [0.2, 0.25) is 0 Å². The Morgan fingerprint density at radius 3 is 2.56 bits per heavy atom. The highest BCUT2D eigenvalue weighted by molar-refractivity contribution is 5.84. The fraction of sp³-hybridized carbons (Fsp3) is 0.476. The molecular formula is C21H26N2O4. The normalized spacial score (nSPS) is 25.8. The second-order valence-corrected chi connectivity index (χ2v) is 7.83. The molecule has 0 saturated carbocycles. The zero-order valence-electron chi connectivity index (χ0n) is 15.6. The van der Waals surface area contributed by atoms with Crippen LogP contribution in [0.15, 0.2) is 36.4 Å². The lowest BCUT2D eigenvalue weighted by molar-refractivity contribution is -0.149. The average Bonchev–Trinajstić information content (AvgIpc) is 3.16. The summed E-state index contributed by atoms with van der Waals surface area (Å²) in [6, 6.07) is 12.4. The third-order valence-electron chi connectivity index (χ3n) is 6.11. The topological polar surface area (TPSA) is 73.2 Å². The number of aliphatic hydroxyl groups excluding tert-OH is 1. The molecule has 2 aromatic rings. The lowest BCUT2D eigenvalue weighted by atomic mass is 9.81. The molecule has 2 atom stereocenters. The number of carbonyl (C=O) groups is 1. The molecule has 0 aliphatic carbocycles. The number of aliphatic hydroxyl groups is 1. The number of aliphatic carboxylic acids is 1. The molecule has 2 aliphatic heterocycles. The SMILES string of the molecule is COc1ccc2cc(CN3C[C@H]4CN(CCO)C[C@@]4(C(=O)O)C3)ccc2c1. The van der Waals surface area contributed by atoms with Crippen LogP contribution in [0, 0.1) is 11.3 Å². The third-order valence-corrected chi connectivity index (χ3v) is 6.11. The molecule has 2 aliphatic rings. The van der Waals surface area contributed by atoms with Gasteiger partial charge in [0.25, 0.3) is 0 Å². The fourth-order valence-corrected chi connectivity index (χ4v) is 4.76. The van der Waals surface area contributed by atoms with Crippen molar-refractivity contribution < 1.29 is 19.7 Å². The molecule has 2 fully saturated rings. The van der Waals surface area contributed by atoms with Crippen molar-refractivity contribution in [3.05, 3.63) is 42.0 Å². The molecule has 2 N–H and O–H groups in total. The van der Waals surface area contributed by atoms with Crippen LogP contribution >= 0.6 is 0 Å². The van der Waals surface area contributed by atoms with Gasteiger partial charge in [-0.15, -0.1) is 0 Å². The van der Waals surface area contributed by atoms with Crippen LogP contribution < -0.4 is 4.74 Å². The molecule has 0 spiro atoms. The Balaban J connectivity index is 1.50. The summed E-state index contributed by atoms with van der Waals surface area (Å²) >= 11 is 0. The van der Waals surface area contributed by atoms with Gasteiger partial charge in [0.05, 0.1) is 19.1 Å². The smallest absolute Gasteiger partial charge is 0.312 e. The first kappa shape index (κ1) is 18.2. The number of hydrogen-bond donors (Lipinski definition) is 2. The number of methoxy groups -OCH3 is 1. The van der Waals surface area contributed by atoms with E-state index in [-0.39, 0.29) is 12.5 Å². The van der Waals surface area contributed by atoms with Gasteiger partial charge in [-0.2, -0.15) is 0 Å². The van der Waals surface area contributed by atoms with Crippen LogP contribution in [0.3, 0.4) is 0 Å². The number of β-amino-alcohol motifs (C(OH)–C–C–N with tert-alkyl or cyclic N) is 1. The van der Waals surface area contributed by atoms with E-state index in [9.17, 15) is 15.0 Å². The zero-order valence-corrected chi connectivity index (χ0v) is 15.6. The molecule has 0 amide bonds. The van der Waals surface area contributed by atoms with Gasteiger partial charge in [-0.25, -0.2) is 0 Å². The number of benzene rings is 2. The number of carboxylic acid groups (broad SMARTS) is 1. The second kappa shape index (κ2) is 7.11. The van der Waals surface area contributed by atoms with Gasteiger partial charge in [0.1, 0.15) is 5.75 Å².